The lowest BCUT2D eigenvalue weighted by Gasteiger charge is -2.39. The summed E-state index contributed by atoms with van der Waals surface area (Å²) in [6.45, 7) is 5.90. The standard InChI is InChI=1S/C23H28FN3O2/c1-15-7-8-19(24)18-14-20(26-21(15)18)22(28)25-16-5-4-6-17(13-16)27-11-9-23(2,29-3)10-12-27/h4-8,13,20,26H,9-12,14H2,1-3H3,(H,25,28). The van der Waals surface area contributed by atoms with Crippen LogP contribution in [0.1, 0.15) is 30.9 Å². The van der Waals surface area contributed by atoms with Crippen molar-refractivity contribution in [3.05, 3.63) is 53.3 Å². The van der Waals surface area contributed by atoms with Gasteiger partial charge in [0, 0.05) is 49.2 Å². The highest BCUT2D eigenvalue weighted by Gasteiger charge is 2.31. The zero-order chi connectivity index (χ0) is 20.6. The summed E-state index contributed by atoms with van der Waals surface area (Å²) in [7, 11) is 1.77. The average molecular weight is 397 g/mol. The minimum Gasteiger partial charge on any atom is -0.378 e. The van der Waals surface area contributed by atoms with E-state index in [1.54, 1.807) is 13.2 Å². The van der Waals surface area contributed by atoms with E-state index in [9.17, 15) is 9.18 Å². The Morgan fingerprint density at radius 3 is 2.72 bits per heavy atom. The lowest BCUT2D eigenvalue weighted by atomic mass is 9.93. The molecule has 5 nitrogen and oxygen atoms in total. The van der Waals surface area contributed by atoms with Crippen molar-refractivity contribution in [2.24, 2.45) is 0 Å². The largest absolute Gasteiger partial charge is 0.378 e. The zero-order valence-electron chi connectivity index (χ0n) is 17.2. The lowest BCUT2D eigenvalue weighted by Crippen LogP contribution is -2.43. The highest BCUT2D eigenvalue weighted by atomic mass is 19.1. The van der Waals surface area contributed by atoms with Gasteiger partial charge in [-0.1, -0.05) is 12.1 Å². The molecule has 0 saturated carbocycles. The van der Waals surface area contributed by atoms with Crippen LogP contribution < -0.4 is 15.5 Å². The summed E-state index contributed by atoms with van der Waals surface area (Å²) < 4.78 is 19.7. The molecule has 1 amide bonds. The predicted molar refractivity (Wildman–Crippen MR) is 114 cm³/mol. The van der Waals surface area contributed by atoms with Crippen molar-refractivity contribution in [1.29, 1.82) is 0 Å². The van der Waals surface area contributed by atoms with Crippen molar-refractivity contribution in [1.82, 2.24) is 0 Å². The number of piperidine rings is 1. The Morgan fingerprint density at radius 1 is 1.28 bits per heavy atom. The van der Waals surface area contributed by atoms with Gasteiger partial charge in [-0.2, -0.15) is 0 Å². The molecule has 2 aromatic carbocycles. The van der Waals surface area contributed by atoms with Crippen LogP contribution >= 0.6 is 0 Å². The van der Waals surface area contributed by atoms with E-state index in [-0.39, 0.29) is 17.3 Å². The predicted octanol–water partition coefficient (Wildman–Crippen LogP) is 4.11. The van der Waals surface area contributed by atoms with E-state index in [1.165, 1.54) is 6.07 Å². The van der Waals surface area contributed by atoms with Gasteiger partial charge in [0.25, 0.3) is 0 Å². The molecule has 1 fully saturated rings. The molecule has 0 bridgehead atoms. The number of carbonyl (C=O) groups is 1. The van der Waals surface area contributed by atoms with Gasteiger partial charge in [0.15, 0.2) is 0 Å². The van der Waals surface area contributed by atoms with Gasteiger partial charge in [-0.25, -0.2) is 4.39 Å². The molecule has 2 aliphatic heterocycles. The van der Waals surface area contributed by atoms with Crippen molar-refractivity contribution in [3.63, 3.8) is 0 Å². The van der Waals surface area contributed by atoms with Crippen molar-refractivity contribution in [2.45, 2.75) is 44.8 Å². The second kappa shape index (κ2) is 7.67. The summed E-state index contributed by atoms with van der Waals surface area (Å²) in [4.78, 5) is 15.1. The highest BCUT2D eigenvalue weighted by Crippen LogP contribution is 2.32. The second-order valence-corrected chi connectivity index (χ2v) is 8.30. The number of rotatable bonds is 4. The van der Waals surface area contributed by atoms with Crippen LogP contribution in [0.25, 0.3) is 0 Å². The molecule has 2 aromatic rings. The van der Waals surface area contributed by atoms with E-state index in [4.69, 9.17) is 4.74 Å². The van der Waals surface area contributed by atoms with Crippen LogP contribution in [0.3, 0.4) is 0 Å². The Labute approximate surface area is 171 Å². The average Bonchev–Trinajstić information content (AvgIpc) is 3.19. The van der Waals surface area contributed by atoms with E-state index >= 15 is 0 Å². The van der Waals surface area contributed by atoms with Crippen LogP contribution in [0.15, 0.2) is 36.4 Å². The number of aryl methyl sites for hydroxylation is 1. The minimum atomic E-state index is -0.471. The van der Waals surface area contributed by atoms with Crippen LogP contribution in [0.2, 0.25) is 0 Å². The lowest BCUT2D eigenvalue weighted by molar-refractivity contribution is -0.116. The Morgan fingerprint density at radius 2 is 2.03 bits per heavy atom. The molecule has 2 heterocycles. The van der Waals surface area contributed by atoms with Gasteiger partial charge in [-0.05, 0) is 56.5 Å². The van der Waals surface area contributed by atoms with Gasteiger partial charge < -0.3 is 20.3 Å². The molecule has 0 aromatic heterocycles. The smallest absolute Gasteiger partial charge is 0.247 e. The quantitative estimate of drug-likeness (QED) is 0.815. The molecule has 1 atom stereocenters. The Bertz CT molecular complexity index is 891. The molecule has 154 valence electrons. The van der Waals surface area contributed by atoms with E-state index in [2.05, 4.69) is 28.5 Å². The first-order valence-corrected chi connectivity index (χ1v) is 10.1. The molecule has 6 heteroatoms. The van der Waals surface area contributed by atoms with Crippen molar-refractivity contribution in [3.8, 4) is 0 Å². The third-order valence-corrected chi connectivity index (χ3v) is 6.30. The first-order valence-electron chi connectivity index (χ1n) is 10.1. The van der Waals surface area contributed by atoms with Crippen molar-refractivity contribution < 1.29 is 13.9 Å². The Hall–Kier alpha value is -2.60. The summed E-state index contributed by atoms with van der Waals surface area (Å²) >= 11 is 0. The third-order valence-electron chi connectivity index (χ3n) is 6.30. The normalized spacial score (nSPS) is 20.1. The summed E-state index contributed by atoms with van der Waals surface area (Å²) in [5.41, 5.74) is 4.07. The maximum Gasteiger partial charge on any atom is 0.247 e. The van der Waals surface area contributed by atoms with Gasteiger partial charge in [-0.15, -0.1) is 0 Å². The number of halogens is 1. The second-order valence-electron chi connectivity index (χ2n) is 8.30. The summed E-state index contributed by atoms with van der Waals surface area (Å²) in [6, 6.07) is 10.6. The van der Waals surface area contributed by atoms with Crippen LogP contribution in [-0.2, 0) is 16.0 Å². The number of hydrogen-bond donors (Lipinski definition) is 2. The first-order chi connectivity index (χ1) is 13.9. The topological polar surface area (TPSA) is 53.6 Å². The van der Waals surface area contributed by atoms with E-state index in [0.717, 1.165) is 48.6 Å². The molecule has 1 unspecified atom stereocenters. The number of hydrogen-bond acceptors (Lipinski definition) is 4. The van der Waals surface area contributed by atoms with Gasteiger partial charge in [0.05, 0.1) is 5.60 Å². The third kappa shape index (κ3) is 3.94. The Balaban J connectivity index is 1.42. The van der Waals surface area contributed by atoms with Gasteiger partial charge in [0.1, 0.15) is 11.9 Å². The van der Waals surface area contributed by atoms with Gasteiger partial charge >= 0.3 is 0 Å². The number of nitrogens with zero attached hydrogens (tertiary/aromatic N) is 1. The van der Waals surface area contributed by atoms with Gasteiger partial charge in [0.2, 0.25) is 5.91 Å². The summed E-state index contributed by atoms with van der Waals surface area (Å²) in [6.07, 6.45) is 2.29. The van der Waals surface area contributed by atoms with E-state index in [0.29, 0.717) is 12.0 Å². The number of fused-ring (bicyclic) bond motifs is 1. The molecule has 0 radical (unpaired) electrons. The number of amides is 1. The molecule has 0 spiro atoms. The molecule has 1 saturated heterocycles. The molecule has 2 aliphatic rings. The van der Waals surface area contributed by atoms with Crippen LogP contribution in [0.5, 0.6) is 0 Å². The number of anilines is 3. The maximum absolute atomic E-state index is 14.1. The Kier molecular flexibility index (Phi) is 5.21. The van der Waals surface area contributed by atoms with Gasteiger partial charge in [-0.3, -0.25) is 4.79 Å². The fourth-order valence-electron chi connectivity index (χ4n) is 4.18. The SMILES string of the molecule is COC1(C)CCN(c2cccc(NC(=O)C3Cc4c(F)ccc(C)c4N3)c2)CC1. The molecular weight excluding hydrogens is 369 g/mol. The number of benzene rings is 2. The van der Waals surface area contributed by atoms with Crippen LogP contribution in [-0.4, -0.2) is 37.7 Å². The summed E-state index contributed by atoms with van der Waals surface area (Å²) in [5, 5.41) is 6.17. The molecule has 2 N–H and O–H groups in total. The molecule has 0 aliphatic carbocycles. The fourth-order valence-corrected chi connectivity index (χ4v) is 4.18. The molecular formula is C23H28FN3O2. The van der Waals surface area contributed by atoms with E-state index in [1.807, 2.05) is 25.1 Å². The number of carbonyl (C=O) groups excluding carboxylic acids is 1. The number of ether oxygens (including phenoxy) is 1. The van der Waals surface area contributed by atoms with E-state index < -0.39 is 6.04 Å². The number of nitrogens with one attached hydrogen (secondary N) is 2. The van der Waals surface area contributed by atoms with Crippen LogP contribution in [0, 0.1) is 12.7 Å². The first kappa shape index (κ1) is 19.7. The van der Waals surface area contributed by atoms with Crippen LogP contribution in [0.4, 0.5) is 21.5 Å². The van der Waals surface area contributed by atoms with Crippen molar-refractivity contribution in [2.75, 3.05) is 35.7 Å². The number of methoxy groups -OCH3 is 1. The maximum atomic E-state index is 14.1. The fraction of sp³-hybridized carbons (Fsp3) is 0.435. The highest BCUT2D eigenvalue weighted by molar-refractivity contribution is 5.98. The summed E-state index contributed by atoms with van der Waals surface area (Å²) in [5.74, 6) is -0.411. The van der Waals surface area contributed by atoms with Crippen molar-refractivity contribution >= 4 is 23.0 Å². The monoisotopic (exact) mass is 397 g/mol. The minimum absolute atomic E-state index is 0.0567. The zero-order valence-corrected chi connectivity index (χ0v) is 17.2. The molecule has 4 rings (SSSR count). The molecule has 29 heavy (non-hydrogen) atoms.